The molecule has 1 unspecified atom stereocenters. The number of nitrogens with zero attached hydrogens (tertiary/aromatic N) is 2. The van der Waals surface area contributed by atoms with Crippen molar-refractivity contribution < 1.29 is 0 Å². The summed E-state index contributed by atoms with van der Waals surface area (Å²) >= 11 is 0. The van der Waals surface area contributed by atoms with Gasteiger partial charge in [-0.1, -0.05) is 0 Å². The Hall–Kier alpha value is -0.120. The lowest BCUT2D eigenvalue weighted by molar-refractivity contribution is 0.153. The van der Waals surface area contributed by atoms with E-state index in [1.807, 2.05) is 0 Å². The number of fused-ring (bicyclic) bond motifs is 2. The van der Waals surface area contributed by atoms with E-state index in [0.717, 1.165) is 25.2 Å². The SMILES string of the molecule is CN1C[C@H]2CC1CN2CCN. The van der Waals surface area contributed by atoms with Crippen LogP contribution in [0.4, 0.5) is 0 Å². The molecule has 2 rings (SSSR count). The van der Waals surface area contributed by atoms with E-state index >= 15 is 0 Å². The standard InChI is InChI=1S/C8H17N3/c1-10-5-8-4-7(10)6-11(8)3-2-9/h7-8H,2-6,9H2,1H3/t7?,8-/m1/s1. The highest BCUT2D eigenvalue weighted by molar-refractivity contribution is 4.98. The summed E-state index contributed by atoms with van der Waals surface area (Å²) < 4.78 is 0. The Morgan fingerprint density at radius 1 is 1.36 bits per heavy atom. The quantitative estimate of drug-likeness (QED) is 0.574. The highest BCUT2D eigenvalue weighted by Gasteiger charge is 2.40. The molecule has 2 aliphatic heterocycles. The van der Waals surface area contributed by atoms with Gasteiger partial charge in [-0.3, -0.25) is 4.90 Å². The molecule has 2 saturated heterocycles. The van der Waals surface area contributed by atoms with Crippen LogP contribution in [-0.2, 0) is 0 Å². The van der Waals surface area contributed by atoms with E-state index in [4.69, 9.17) is 5.73 Å². The lowest BCUT2D eigenvalue weighted by Crippen LogP contribution is -2.46. The van der Waals surface area contributed by atoms with Crippen LogP contribution in [0.15, 0.2) is 0 Å². The van der Waals surface area contributed by atoms with Crippen molar-refractivity contribution in [2.75, 3.05) is 33.2 Å². The molecule has 11 heavy (non-hydrogen) atoms. The van der Waals surface area contributed by atoms with Gasteiger partial charge >= 0.3 is 0 Å². The summed E-state index contributed by atoms with van der Waals surface area (Å²) in [6.45, 7) is 4.41. The van der Waals surface area contributed by atoms with Crippen LogP contribution in [-0.4, -0.2) is 55.1 Å². The molecule has 2 N–H and O–H groups in total. The first-order valence-electron chi connectivity index (χ1n) is 4.45. The van der Waals surface area contributed by atoms with Crippen LogP contribution in [0.3, 0.4) is 0 Å². The van der Waals surface area contributed by atoms with Crippen LogP contribution in [0.2, 0.25) is 0 Å². The van der Waals surface area contributed by atoms with Crippen LogP contribution in [0, 0.1) is 0 Å². The molecule has 0 aliphatic carbocycles. The molecule has 3 heteroatoms. The fourth-order valence-corrected chi connectivity index (χ4v) is 2.39. The van der Waals surface area contributed by atoms with E-state index in [1.165, 1.54) is 19.5 Å². The summed E-state index contributed by atoms with van der Waals surface area (Å²) in [5.41, 5.74) is 5.52. The molecule has 2 fully saturated rings. The van der Waals surface area contributed by atoms with Gasteiger partial charge in [0.1, 0.15) is 0 Å². The van der Waals surface area contributed by atoms with Gasteiger partial charge in [0.15, 0.2) is 0 Å². The van der Waals surface area contributed by atoms with Crippen molar-refractivity contribution in [3.63, 3.8) is 0 Å². The van der Waals surface area contributed by atoms with Crippen LogP contribution < -0.4 is 5.73 Å². The monoisotopic (exact) mass is 155 g/mol. The van der Waals surface area contributed by atoms with E-state index < -0.39 is 0 Å². The first kappa shape index (κ1) is 7.53. The number of rotatable bonds is 2. The average Bonchev–Trinajstić information content (AvgIpc) is 2.47. The van der Waals surface area contributed by atoms with Gasteiger partial charge in [0, 0.05) is 38.3 Å². The smallest absolute Gasteiger partial charge is 0.0239 e. The minimum atomic E-state index is 0.812. The Kier molecular flexibility index (Phi) is 1.87. The van der Waals surface area contributed by atoms with Gasteiger partial charge < -0.3 is 10.6 Å². The first-order valence-corrected chi connectivity index (χ1v) is 4.45. The van der Waals surface area contributed by atoms with Crippen molar-refractivity contribution in [1.29, 1.82) is 0 Å². The average molecular weight is 155 g/mol. The second-order valence-corrected chi connectivity index (χ2v) is 3.77. The zero-order valence-electron chi connectivity index (χ0n) is 7.16. The summed E-state index contributed by atoms with van der Waals surface area (Å²) in [4.78, 5) is 5.00. The summed E-state index contributed by atoms with van der Waals surface area (Å²) in [5, 5.41) is 0. The van der Waals surface area contributed by atoms with Crippen molar-refractivity contribution in [3.8, 4) is 0 Å². The zero-order valence-corrected chi connectivity index (χ0v) is 7.16. The van der Waals surface area contributed by atoms with E-state index in [-0.39, 0.29) is 0 Å². The second-order valence-electron chi connectivity index (χ2n) is 3.77. The van der Waals surface area contributed by atoms with Crippen molar-refractivity contribution in [2.45, 2.75) is 18.5 Å². The lowest BCUT2D eigenvalue weighted by Gasteiger charge is -2.31. The topological polar surface area (TPSA) is 32.5 Å². The minimum absolute atomic E-state index is 0.812. The summed E-state index contributed by atoms with van der Waals surface area (Å²) in [6, 6.07) is 1.64. The van der Waals surface area contributed by atoms with Gasteiger partial charge in [-0.15, -0.1) is 0 Å². The molecule has 2 heterocycles. The molecule has 0 aromatic heterocycles. The van der Waals surface area contributed by atoms with E-state index in [2.05, 4.69) is 16.8 Å². The summed E-state index contributed by atoms with van der Waals surface area (Å²) in [6.07, 6.45) is 1.37. The zero-order chi connectivity index (χ0) is 7.84. The predicted octanol–water partition coefficient (Wildman–Crippen LogP) is -0.667. The molecule has 0 aromatic rings. The molecular weight excluding hydrogens is 138 g/mol. The molecule has 0 spiro atoms. The molecule has 0 aromatic carbocycles. The first-order chi connectivity index (χ1) is 5.31. The van der Waals surface area contributed by atoms with Crippen molar-refractivity contribution >= 4 is 0 Å². The Bertz CT molecular complexity index is 146. The third kappa shape index (κ3) is 1.17. The fraction of sp³-hybridized carbons (Fsp3) is 1.00. The van der Waals surface area contributed by atoms with Crippen molar-refractivity contribution in [2.24, 2.45) is 5.73 Å². The van der Waals surface area contributed by atoms with Crippen LogP contribution in [0.25, 0.3) is 0 Å². The Morgan fingerprint density at radius 2 is 2.18 bits per heavy atom. The van der Waals surface area contributed by atoms with Gasteiger partial charge in [-0.2, -0.15) is 0 Å². The third-order valence-corrected chi connectivity index (χ3v) is 3.04. The molecule has 2 atom stereocenters. The number of piperazine rings is 1. The number of likely N-dealkylation sites (N-methyl/N-ethyl adjacent to an activating group) is 1. The largest absolute Gasteiger partial charge is 0.329 e. The molecule has 2 bridgehead atoms. The number of hydrogen-bond donors (Lipinski definition) is 1. The third-order valence-electron chi connectivity index (χ3n) is 3.04. The van der Waals surface area contributed by atoms with E-state index in [1.54, 1.807) is 0 Å². The second kappa shape index (κ2) is 2.73. The normalized spacial score (nSPS) is 38.7. The maximum atomic E-state index is 5.52. The highest BCUT2D eigenvalue weighted by atomic mass is 15.3. The van der Waals surface area contributed by atoms with Gasteiger partial charge in [-0.25, -0.2) is 0 Å². The fourth-order valence-electron chi connectivity index (χ4n) is 2.39. The lowest BCUT2D eigenvalue weighted by atomic mass is 10.2. The van der Waals surface area contributed by atoms with E-state index in [9.17, 15) is 0 Å². The van der Waals surface area contributed by atoms with Gasteiger partial charge in [0.05, 0.1) is 0 Å². The number of nitrogens with two attached hydrogens (primary N) is 1. The maximum absolute atomic E-state index is 5.52. The van der Waals surface area contributed by atoms with Gasteiger partial charge in [-0.05, 0) is 13.5 Å². The Balaban J connectivity index is 1.92. The molecule has 3 nitrogen and oxygen atoms in total. The highest BCUT2D eigenvalue weighted by Crippen LogP contribution is 2.28. The van der Waals surface area contributed by atoms with Crippen molar-refractivity contribution in [3.05, 3.63) is 0 Å². The summed E-state index contributed by atoms with van der Waals surface area (Å²) in [7, 11) is 2.23. The molecule has 64 valence electrons. The molecule has 0 saturated carbocycles. The van der Waals surface area contributed by atoms with Crippen LogP contribution in [0.1, 0.15) is 6.42 Å². The molecular formula is C8H17N3. The van der Waals surface area contributed by atoms with Gasteiger partial charge in [0.2, 0.25) is 0 Å². The molecule has 2 aliphatic rings. The van der Waals surface area contributed by atoms with Crippen LogP contribution in [0.5, 0.6) is 0 Å². The Labute approximate surface area is 68.1 Å². The predicted molar refractivity (Wildman–Crippen MR) is 45.5 cm³/mol. The molecule has 0 radical (unpaired) electrons. The van der Waals surface area contributed by atoms with Crippen LogP contribution >= 0.6 is 0 Å². The Morgan fingerprint density at radius 3 is 2.64 bits per heavy atom. The van der Waals surface area contributed by atoms with Gasteiger partial charge in [0.25, 0.3) is 0 Å². The minimum Gasteiger partial charge on any atom is -0.329 e. The molecule has 0 amide bonds. The number of hydrogen-bond acceptors (Lipinski definition) is 3. The van der Waals surface area contributed by atoms with Crippen molar-refractivity contribution in [1.82, 2.24) is 9.80 Å². The van der Waals surface area contributed by atoms with E-state index in [0.29, 0.717) is 0 Å². The summed E-state index contributed by atoms with van der Waals surface area (Å²) in [5.74, 6) is 0. The maximum Gasteiger partial charge on any atom is 0.0239 e. The number of likely N-dealkylation sites (tertiary alicyclic amines) is 2.